The molecule has 0 heterocycles. The first-order valence-electron chi connectivity index (χ1n) is 10.3. The van der Waals surface area contributed by atoms with Crippen LogP contribution < -0.4 is 10.6 Å². The Balaban J connectivity index is 1.45. The lowest BCUT2D eigenvalue weighted by molar-refractivity contribution is -0.141. The van der Waals surface area contributed by atoms with Crippen molar-refractivity contribution in [2.75, 3.05) is 10.6 Å². The first kappa shape index (κ1) is 22.5. The minimum Gasteiger partial charge on any atom is -0.481 e. The van der Waals surface area contributed by atoms with E-state index in [0.717, 1.165) is 16.7 Å². The Morgan fingerprint density at radius 3 is 2.09 bits per heavy atom. The van der Waals surface area contributed by atoms with Gasteiger partial charge in [-0.3, -0.25) is 9.59 Å². The number of aliphatic carboxylic acids is 1. The molecule has 0 radical (unpaired) electrons. The van der Waals surface area contributed by atoms with Crippen molar-refractivity contribution in [3.63, 3.8) is 0 Å². The van der Waals surface area contributed by atoms with Gasteiger partial charge in [0.25, 0.3) is 0 Å². The molecule has 0 spiro atoms. The number of aryl methyl sites for hydroxylation is 1. The molecule has 1 aliphatic carbocycles. The van der Waals surface area contributed by atoms with Gasteiger partial charge in [0.15, 0.2) is 5.78 Å². The molecule has 4 N–H and O–H groups in total. The Morgan fingerprint density at radius 2 is 1.48 bits per heavy atom. The lowest BCUT2D eigenvalue weighted by Crippen LogP contribution is -2.44. The lowest BCUT2D eigenvalue weighted by atomic mass is 9.77. The summed E-state index contributed by atoms with van der Waals surface area (Å²) in [5, 5.41) is 25.5. The van der Waals surface area contributed by atoms with Crippen molar-refractivity contribution >= 4 is 40.8 Å². The zero-order chi connectivity index (χ0) is 23.6. The molecule has 0 fully saturated rings. The summed E-state index contributed by atoms with van der Waals surface area (Å²) in [4.78, 5) is 35.9. The summed E-state index contributed by atoms with van der Waals surface area (Å²) in [5.41, 5.74) is 2.26. The predicted molar refractivity (Wildman–Crippen MR) is 126 cm³/mol. The molecule has 4 rings (SSSR count). The SMILES string of the molecule is O=C(O)CC1(O)CCc2cc(-c3ccc(NC(=O)Nc4ccc(Cl)cc4)cc3)ccc2C1=O. The largest absolute Gasteiger partial charge is 0.481 e. The van der Waals surface area contributed by atoms with Crippen molar-refractivity contribution in [3.05, 3.63) is 82.9 Å². The van der Waals surface area contributed by atoms with Crippen LogP contribution in [0.25, 0.3) is 11.1 Å². The number of Topliss-reactive ketones (excluding diaryl/α,β-unsaturated/α-hetero) is 1. The van der Waals surface area contributed by atoms with E-state index in [2.05, 4.69) is 10.6 Å². The second-order valence-corrected chi connectivity index (χ2v) is 8.40. The van der Waals surface area contributed by atoms with Gasteiger partial charge in [0.2, 0.25) is 0 Å². The molecule has 7 nitrogen and oxygen atoms in total. The van der Waals surface area contributed by atoms with Crippen molar-refractivity contribution in [2.45, 2.75) is 24.9 Å². The topological polar surface area (TPSA) is 116 Å². The molecule has 0 saturated heterocycles. The fourth-order valence-corrected chi connectivity index (χ4v) is 4.02. The van der Waals surface area contributed by atoms with Gasteiger partial charge in [0, 0.05) is 22.0 Å². The van der Waals surface area contributed by atoms with Crippen molar-refractivity contribution < 1.29 is 24.6 Å². The van der Waals surface area contributed by atoms with Crippen LogP contribution in [0, 0.1) is 0 Å². The summed E-state index contributed by atoms with van der Waals surface area (Å²) in [7, 11) is 0. The van der Waals surface area contributed by atoms with E-state index in [1.165, 1.54) is 0 Å². The highest BCUT2D eigenvalue weighted by atomic mass is 35.5. The van der Waals surface area contributed by atoms with Crippen LogP contribution in [0.1, 0.15) is 28.8 Å². The number of carboxylic acids is 1. The Hall–Kier alpha value is -3.68. The van der Waals surface area contributed by atoms with Gasteiger partial charge >= 0.3 is 12.0 Å². The molecule has 33 heavy (non-hydrogen) atoms. The lowest BCUT2D eigenvalue weighted by Gasteiger charge is -2.30. The van der Waals surface area contributed by atoms with Gasteiger partial charge in [-0.25, -0.2) is 4.79 Å². The van der Waals surface area contributed by atoms with Crippen LogP contribution in [0.15, 0.2) is 66.7 Å². The first-order valence-corrected chi connectivity index (χ1v) is 10.7. The highest BCUT2D eigenvalue weighted by Crippen LogP contribution is 2.34. The molecule has 2 amide bonds. The number of hydrogen-bond donors (Lipinski definition) is 4. The molecule has 0 saturated carbocycles. The Kier molecular flexibility index (Phi) is 6.18. The summed E-state index contributed by atoms with van der Waals surface area (Å²) in [5.74, 6) is -1.76. The van der Waals surface area contributed by atoms with Gasteiger partial charge in [0.05, 0.1) is 6.42 Å². The molecular weight excluding hydrogens is 444 g/mol. The summed E-state index contributed by atoms with van der Waals surface area (Å²) in [6.45, 7) is 0. The van der Waals surface area contributed by atoms with Crippen molar-refractivity contribution in [2.24, 2.45) is 0 Å². The van der Waals surface area contributed by atoms with Gasteiger partial charge in [-0.2, -0.15) is 0 Å². The number of nitrogens with one attached hydrogen (secondary N) is 2. The van der Waals surface area contributed by atoms with Crippen LogP contribution in [-0.4, -0.2) is 33.6 Å². The van der Waals surface area contributed by atoms with Crippen molar-refractivity contribution in [3.8, 4) is 11.1 Å². The van der Waals surface area contributed by atoms with E-state index in [1.807, 2.05) is 18.2 Å². The number of urea groups is 1. The van der Waals surface area contributed by atoms with E-state index in [1.54, 1.807) is 48.5 Å². The summed E-state index contributed by atoms with van der Waals surface area (Å²) in [6.07, 6.45) is -0.129. The number of carboxylic acid groups (broad SMARTS) is 1. The monoisotopic (exact) mass is 464 g/mol. The second kappa shape index (κ2) is 9.05. The number of halogens is 1. The number of benzene rings is 3. The average Bonchev–Trinajstić information content (AvgIpc) is 2.78. The molecule has 1 aliphatic rings. The van der Waals surface area contributed by atoms with E-state index in [4.69, 9.17) is 16.7 Å². The summed E-state index contributed by atoms with van der Waals surface area (Å²) >= 11 is 5.84. The number of ketones is 1. The average molecular weight is 465 g/mol. The van der Waals surface area contributed by atoms with E-state index < -0.39 is 23.8 Å². The molecule has 1 unspecified atom stereocenters. The highest BCUT2D eigenvalue weighted by Gasteiger charge is 2.42. The number of aliphatic hydroxyl groups is 1. The van der Waals surface area contributed by atoms with Crippen LogP contribution in [0.2, 0.25) is 5.02 Å². The molecule has 0 aliphatic heterocycles. The smallest absolute Gasteiger partial charge is 0.323 e. The van der Waals surface area contributed by atoms with Gasteiger partial charge in [-0.15, -0.1) is 0 Å². The number of anilines is 2. The van der Waals surface area contributed by atoms with Gasteiger partial charge in [-0.1, -0.05) is 41.9 Å². The maximum atomic E-state index is 12.7. The molecule has 3 aromatic rings. The molecule has 1 atom stereocenters. The van der Waals surface area contributed by atoms with E-state index in [0.29, 0.717) is 28.4 Å². The van der Waals surface area contributed by atoms with Crippen molar-refractivity contribution in [1.29, 1.82) is 0 Å². The number of rotatable bonds is 5. The second-order valence-electron chi connectivity index (χ2n) is 7.97. The molecule has 0 aromatic heterocycles. The number of fused-ring (bicyclic) bond motifs is 1. The van der Waals surface area contributed by atoms with E-state index >= 15 is 0 Å². The maximum Gasteiger partial charge on any atom is 0.323 e. The number of hydrogen-bond acceptors (Lipinski definition) is 4. The minimum absolute atomic E-state index is 0.0696. The van der Waals surface area contributed by atoms with Crippen LogP contribution in [-0.2, 0) is 11.2 Å². The van der Waals surface area contributed by atoms with Crippen LogP contribution in [0.4, 0.5) is 16.2 Å². The Morgan fingerprint density at radius 1 is 0.909 bits per heavy atom. The third-order valence-electron chi connectivity index (χ3n) is 5.60. The zero-order valence-electron chi connectivity index (χ0n) is 17.5. The predicted octanol–water partition coefficient (Wildman–Crippen LogP) is 4.99. The first-order chi connectivity index (χ1) is 15.7. The highest BCUT2D eigenvalue weighted by molar-refractivity contribution is 6.30. The molecule has 8 heteroatoms. The number of carbonyl (C=O) groups is 3. The quantitative estimate of drug-likeness (QED) is 0.424. The number of amides is 2. The minimum atomic E-state index is -1.86. The van der Waals surface area contributed by atoms with Crippen LogP contribution in [0.5, 0.6) is 0 Å². The van der Waals surface area contributed by atoms with Crippen molar-refractivity contribution in [1.82, 2.24) is 0 Å². The summed E-state index contributed by atoms with van der Waals surface area (Å²) in [6, 6.07) is 18.9. The Bertz CT molecular complexity index is 1220. The third-order valence-corrected chi connectivity index (χ3v) is 5.85. The van der Waals surface area contributed by atoms with E-state index in [9.17, 15) is 19.5 Å². The normalized spacial score (nSPS) is 17.2. The fourth-order valence-electron chi connectivity index (χ4n) is 3.90. The van der Waals surface area contributed by atoms with Gasteiger partial charge in [0.1, 0.15) is 5.60 Å². The van der Waals surface area contributed by atoms with Gasteiger partial charge in [-0.05, 0) is 65.9 Å². The standard InChI is InChI=1S/C25H21ClN2O5/c26-18-4-8-20(9-5-18)28-24(32)27-19-6-1-15(2-7-19)16-3-10-21-17(13-16)11-12-25(33,23(21)31)14-22(29)30/h1-10,13,33H,11-12,14H2,(H,29,30)(H2,27,28,32). The molecule has 168 valence electrons. The van der Waals surface area contributed by atoms with Crippen LogP contribution >= 0.6 is 11.6 Å². The van der Waals surface area contributed by atoms with Gasteiger partial charge < -0.3 is 20.8 Å². The molecule has 3 aromatic carbocycles. The van der Waals surface area contributed by atoms with E-state index in [-0.39, 0.29) is 12.5 Å². The number of carbonyl (C=O) groups excluding carboxylic acids is 2. The maximum absolute atomic E-state index is 12.7. The Labute approximate surface area is 195 Å². The zero-order valence-corrected chi connectivity index (χ0v) is 18.2. The van der Waals surface area contributed by atoms with Crippen LogP contribution in [0.3, 0.4) is 0 Å². The fraction of sp³-hybridized carbons (Fsp3) is 0.160. The molecule has 0 bridgehead atoms. The third kappa shape index (κ3) is 5.05. The molecular formula is C25H21ClN2O5. The summed E-state index contributed by atoms with van der Waals surface area (Å²) < 4.78 is 0.